The van der Waals surface area contributed by atoms with Crippen molar-refractivity contribution in [1.82, 2.24) is 19.6 Å². The van der Waals surface area contributed by atoms with Crippen molar-refractivity contribution in [1.29, 1.82) is 0 Å². The summed E-state index contributed by atoms with van der Waals surface area (Å²) in [7, 11) is 0. The number of aliphatic hydroxyl groups excluding tert-OH is 1. The second-order valence-corrected chi connectivity index (χ2v) is 4.99. The summed E-state index contributed by atoms with van der Waals surface area (Å²) in [4.78, 5) is 11.6. The predicted molar refractivity (Wildman–Crippen MR) is 72.2 cm³/mol. The molecule has 3 heterocycles. The minimum absolute atomic E-state index is 0.0303. The first kappa shape index (κ1) is 13.6. The van der Waals surface area contributed by atoms with Gasteiger partial charge in [-0.2, -0.15) is 10.2 Å². The first-order chi connectivity index (χ1) is 10.1. The predicted octanol–water partition coefficient (Wildman–Crippen LogP) is 0.608. The van der Waals surface area contributed by atoms with Crippen LogP contribution in [-0.2, 0) is 13.1 Å². The Morgan fingerprint density at radius 2 is 2.38 bits per heavy atom. The van der Waals surface area contributed by atoms with Gasteiger partial charge >= 0.3 is 5.97 Å². The third kappa shape index (κ3) is 2.38. The largest absolute Gasteiger partial charge is 0.477 e. The van der Waals surface area contributed by atoms with Crippen molar-refractivity contribution in [2.45, 2.75) is 32.5 Å². The van der Waals surface area contributed by atoms with Crippen LogP contribution in [0.3, 0.4) is 0 Å². The minimum Gasteiger partial charge on any atom is -0.477 e. The molecule has 2 aromatic rings. The van der Waals surface area contributed by atoms with E-state index in [1.165, 1.54) is 0 Å². The van der Waals surface area contributed by atoms with Crippen molar-refractivity contribution < 1.29 is 19.7 Å². The monoisotopic (exact) mass is 292 g/mol. The molecule has 0 amide bonds. The number of hydrogen-bond acceptors (Lipinski definition) is 5. The van der Waals surface area contributed by atoms with Gasteiger partial charge in [0.15, 0.2) is 0 Å². The molecular formula is C13H16N4O4. The number of fused-ring (bicyclic) bond motifs is 1. The zero-order valence-electron chi connectivity index (χ0n) is 11.6. The highest BCUT2D eigenvalue weighted by Gasteiger charge is 2.30. The van der Waals surface area contributed by atoms with Crippen molar-refractivity contribution in [3.05, 3.63) is 18.0 Å². The van der Waals surface area contributed by atoms with E-state index >= 15 is 0 Å². The second-order valence-electron chi connectivity index (χ2n) is 4.99. The lowest BCUT2D eigenvalue weighted by Crippen LogP contribution is -2.24. The third-order valence-corrected chi connectivity index (χ3v) is 3.42. The van der Waals surface area contributed by atoms with E-state index in [1.807, 2.05) is 6.92 Å². The molecule has 8 heteroatoms. The van der Waals surface area contributed by atoms with E-state index < -0.39 is 5.97 Å². The SMILES string of the molecule is C[C@@H]1CCn2nc(-c3cnn(CCO)c3)c(C(=O)O)c2O1. The van der Waals surface area contributed by atoms with Gasteiger partial charge in [-0.15, -0.1) is 0 Å². The van der Waals surface area contributed by atoms with E-state index in [2.05, 4.69) is 10.2 Å². The number of carboxylic acid groups (broad SMARTS) is 1. The summed E-state index contributed by atoms with van der Waals surface area (Å²) < 4.78 is 8.76. The van der Waals surface area contributed by atoms with Crippen molar-refractivity contribution in [2.24, 2.45) is 0 Å². The van der Waals surface area contributed by atoms with Crippen molar-refractivity contribution in [3.63, 3.8) is 0 Å². The van der Waals surface area contributed by atoms with Gasteiger partial charge in [0.05, 0.1) is 25.5 Å². The lowest BCUT2D eigenvalue weighted by atomic mass is 10.1. The Balaban J connectivity index is 2.07. The number of aliphatic hydroxyl groups is 1. The lowest BCUT2D eigenvalue weighted by molar-refractivity contribution is 0.0684. The van der Waals surface area contributed by atoms with Crippen molar-refractivity contribution in [3.8, 4) is 17.1 Å². The van der Waals surface area contributed by atoms with Crippen LogP contribution in [0, 0.1) is 0 Å². The number of aromatic carboxylic acids is 1. The Morgan fingerprint density at radius 3 is 3.10 bits per heavy atom. The standard InChI is InChI=1S/C13H16N4O4/c1-8-2-3-17-12(21-8)10(13(19)20)11(15-17)9-6-14-16(7-9)4-5-18/h6-8,18H,2-5H2,1H3,(H,19,20)/t8-/m1/s1. The third-order valence-electron chi connectivity index (χ3n) is 3.42. The second kappa shape index (κ2) is 5.21. The normalized spacial score (nSPS) is 17.3. The molecule has 8 nitrogen and oxygen atoms in total. The van der Waals surface area contributed by atoms with E-state index in [-0.39, 0.29) is 18.3 Å². The molecule has 2 N–H and O–H groups in total. The molecular weight excluding hydrogens is 276 g/mol. The number of aryl methyl sites for hydroxylation is 1. The van der Waals surface area contributed by atoms with Crippen LogP contribution >= 0.6 is 0 Å². The highest BCUT2D eigenvalue weighted by molar-refractivity contribution is 5.97. The van der Waals surface area contributed by atoms with Gasteiger partial charge in [-0.05, 0) is 6.92 Å². The summed E-state index contributed by atoms with van der Waals surface area (Å²) in [6, 6.07) is 0. The van der Waals surface area contributed by atoms with Crippen LogP contribution in [0.2, 0.25) is 0 Å². The molecule has 1 atom stereocenters. The number of rotatable bonds is 4. The Kier molecular flexibility index (Phi) is 3.38. The fraction of sp³-hybridized carbons (Fsp3) is 0.462. The maximum Gasteiger partial charge on any atom is 0.343 e. The average molecular weight is 292 g/mol. The summed E-state index contributed by atoms with van der Waals surface area (Å²) >= 11 is 0. The number of ether oxygens (including phenoxy) is 1. The summed E-state index contributed by atoms with van der Waals surface area (Å²) in [6.07, 6.45) is 3.97. The quantitative estimate of drug-likeness (QED) is 0.856. The fourth-order valence-corrected chi connectivity index (χ4v) is 2.38. The highest BCUT2D eigenvalue weighted by Crippen LogP contribution is 2.33. The van der Waals surface area contributed by atoms with Gasteiger partial charge in [0.2, 0.25) is 5.88 Å². The van der Waals surface area contributed by atoms with Crippen LogP contribution in [0.5, 0.6) is 5.88 Å². The Hall–Kier alpha value is -2.35. The van der Waals surface area contributed by atoms with Crippen LogP contribution in [-0.4, -0.2) is 48.5 Å². The number of carboxylic acids is 1. The van der Waals surface area contributed by atoms with Crippen molar-refractivity contribution >= 4 is 5.97 Å². The van der Waals surface area contributed by atoms with Crippen molar-refractivity contribution in [2.75, 3.05) is 6.61 Å². The fourth-order valence-electron chi connectivity index (χ4n) is 2.38. The average Bonchev–Trinajstić information content (AvgIpc) is 3.02. The summed E-state index contributed by atoms with van der Waals surface area (Å²) in [5.41, 5.74) is 1.000. The molecule has 0 radical (unpaired) electrons. The number of aromatic nitrogens is 4. The van der Waals surface area contributed by atoms with E-state index in [1.54, 1.807) is 21.8 Å². The molecule has 0 bridgehead atoms. The molecule has 1 aliphatic rings. The number of carbonyl (C=O) groups is 1. The van der Waals surface area contributed by atoms with E-state index in [9.17, 15) is 9.90 Å². The minimum atomic E-state index is -1.07. The molecule has 0 unspecified atom stereocenters. The zero-order chi connectivity index (χ0) is 15.0. The van der Waals surface area contributed by atoms with Crippen LogP contribution in [0.1, 0.15) is 23.7 Å². The lowest BCUT2D eigenvalue weighted by Gasteiger charge is -2.21. The smallest absolute Gasteiger partial charge is 0.343 e. The molecule has 1 aliphatic heterocycles. The van der Waals surface area contributed by atoms with Gasteiger partial charge < -0.3 is 14.9 Å². The van der Waals surface area contributed by atoms with Crippen LogP contribution in [0.25, 0.3) is 11.3 Å². The molecule has 0 saturated carbocycles. The molecule has 21 heavy (non-hydrogen) atoms. The maximum atomic E-state index is 11.6. The molecule has 0 spiro atoms. The first-order valence-corrected chi connectivity index (χ1v) is 6.74. The van der Waals surface area contributed by atoms with E-state index in [0.29, 0.717) is 30.2 Å². The van der Waals surface area contributed by atoms with Gasteiger partial charge in [-0.1, -0.05) is 0 Å². The molecule has 3 rings (SSSR count). The molecule has 0 aromatic carbocycles. The van der Waals surface area contributed by atoms with Gasteiger partial charge in [-0.3, -0.25) is 4.68 Å². The van der Waals surface area contributed by atoms with E-state index in [4.69, 9.17) is 9.84 Å². The Morgan fingerprint density at radius 1 is 1.57 bits per heavy atom. The Bertz CT molecular complexity index is 676. The van der Waals surface area contributed by atoms with Gasteiger partial charge in [0.1, 0.15) is 11.3 Å². The van der Waals surface area contributed by atoms with Crippen LogP contribution in [0.4, 0.5) is 0 Å². The first-order valence-electron chi connectivity index (χ1n) is 6.74. The van der Waals surface area contributed by atoms with E-state index in [0.717, 1.165) is 6.42 Å². The molecule has 0 aliphatic carbocycles. The van der Waals surface area contributed by atoms with Crippen LogP contribution in [0.15, 0.2) is 12.4 Å². The van der Waals surface area contributed by atoms with Crippen LogP contribution < -0.4 is 4.74 Å². The summed E-state index contributed by atoms with van der Waals surface area (Å²) in [6.45, 7) is 2.85. The molecule has 2 aromatic heterocycles. The number of hydrogen-bond donors (Lipinski definition) is 2. The van der Waals surface area contributed by atoms with Gasteiger partial charge in [-0.25, -0.2) is 9.48 Å². The van der Waals surface area contributed by atoms with Gasteiger partial charge in [0.25, 0.3) is 0 Å². The maximum absolute atomic E-state index is 11.6. The summed E-state index contributed by atoms with van der Waals surface area (Å²) in [5.74, 6) is -0.776. The Labute approximate surface area is 120 Å². The molecule has 0 fully saturated rings. The highest BCUT2D eigenvalue weighted by atomic mass is 16.5. The molecule has 0 saturated heterocycles. The summed E-state index contributed by atoms with van der Waals surface area (Å²) in [5, 5.41) is 26.8. The molecule has 112 valence electrons. The number of nitrogens with zero attached hydrogens (tertiary/aromatic N) is 4. The topological polar surface area (TPSA) is 102 Å². The zero-order valence-corrected chi connectivity index (χ0v) is 11.6. The van der Waals surface area contributed by atoms with Gasteiger partial charge in [0, 0.05) is 24.7 Å².